The van der Waals surface area contributed by atoms with Crippen molar-refractivity contribution in [2.45, 2.75) is 18.9 Å². The van der Waals surface area contributed by atoms with Crippen LogP contribution in [0.2, 0.25) is 0 Å². The van der Waals surface area contributed by atoms with Crippen LogP contribution in [0.3, 0.4) is 0 Å². The molecule has 4 N–H and O–H groups in total. The molecule has 0 saturated carbocycles. The van der Waals surface area contributed by atoms with Gasteiger partial charge in [0.1, 0.15) is 6.04 Å². The number of anilines is 2. The molecule has 0 spiro atoms. The predicted molar refractivity (Wildman–Crippen MR) is 75.9 cm³/mol. The second-order valence-corrected chi connectivity index (χ2v) is 4.77. The number of piperidine rings is 1. The molecule has 6 nitrogen and oxygen atoms in total. The van der Waals surface area contributed by atoms with Crippen molar-refractivity contribution in [1.82, 2.24) is 10.3 Å². The summed E-state index contributed by atoms with van der Waals surface area (Å²) < 4.78 is 0. The summed E-state index contributed by atoms with van der Waals surface area (Å²) in [5.41, 5.74) is 7.39. The van der Waals surface area contributed by atoms with Crippen molar-refractivity contribution < 1.29 is 9.59 Å². The number of rotatable bonds is 2. The number of imide groups is 1. The molecule has 1 aromatic carbocycles. The molecular weight excluding hydrogens is 256 g/mol. The minimum absolute atomic E-state index is 0.231. The highest BCUT2D eigenvalue weighted by Crippen LogP contribution is 2.29. The summed E-state index contributed by atoms with van der Waals surface area (Å²) in [6.07, 6.45) is 4.22. The molecule has 2 heterocycles. The smallest absolute Gasteiger partial charge is 0.249 e. The second kappa shape index (κ2) is 4.80. The Morgan fingerprint density at radius 1 is 1.30 bits per heavy atom. The van der Waals surface area contributed by atoms with E-state index < -0.39 is 6.04 Å². The number of carbonyl (C=O) groups excluding carboxylic acids is 2. The van der Waals surface area contributed by atoms with E-state index in [1.54, 1.807) is 12.4 Å². The Bertz CT molecular complexity index is 699. The lowest BCUT2D eigenvalue weighted by Gasteiger charge is -2.23. The van der Waals surface area contributed by atoms with Crippen LogP contribution >= 0.6 is 0 Å². The molecule has 6 heteroatoms. The fourth-order valence-electron chi connectivity index (χ4n) is 2.34. The number of carbonyl (C=O) groups is 2. The number of benzene rings is 1. The van der Waals surface area contributed by atoms with E-state index in [0.717, 1.165) is 10.8 Å². The first-order valence-electron chi connectivity index (χ1n) is 6.37. The molecule has 1 saturated heterocycles. The molecule has 1 fully saturated rings. The summed E-state index contributed by atoms with van der Waals surface area (Å²) in [6, 6.07) is 5.12. The van der Waals surface area contributed by atoms with E-state index >= 15 is 0 Å². The highest BCUT2D eigenvalue weighted by Gasteiger charge is 2.26. The van der Waals surface area contributed by atoms with Crippen molar-refractivity contribution in [1.29, 1.82) is 0 Å². The van der Waals surface area contributed by atoms with Crippen LogP contribution in [0.25, 0.3) is 10.8 Å². The van der Waals surface area contributed by atoms with Gasteiger partial charge < -0.3 is 11.1 Å². The van der Waals surface area contributed by atoms with Gasteiger partial charge in [-0.2, -0.15) is 0 Å². The van der Waals surface area contributed by atoms with Crippen LogP contribution in [-0.4, -0.2) is 22.8 Å². The summed E-state index contributed by atoms with van der Waals surface area (Å²) >= 11 is 0. The lowest BCUT2D eigenvalue weighted by molar-refractivity contribution is -0.133. The van der Waals surface area contributed by atoms with Gasteiger partial charge in [-0.05, 0) is 18.6 Å². The molecule has 102 valence electrons. The number of pyridine rings is 1. The molecule has 2 aromatic rings. The van der Waals surface area contributed by atoms with E-state index in [9.17, 15) is 9.59 Å². The van der Waals surface area contributed by atoms with Crippen molar-refractivity contribution in [3.63, 3.8) is 0 Å². The average molecular weight is 270 g/mol. The fourth-order valence-corrected chi connectivity index (χ4v) is 2.34. The van der Waals surface area contributed by atoms with E-state index in [-0.39, 0.29) is 11.8 Å². The topological polar surface area (TPSA) is 97.1 Å². The number of fused-ring (bicyclic) bond motifs is 1. The summed E-state index contributed by atoms with van der Waals surface area (Å²) in [5, 5.41) is 7.25. The molecule has 0 radical (unpaired) electrons. The third-order valence-corrected chi connectivity index (χ3v) is 3.43. The Morgan fingerprint density at radius 2 is 2.15 bits per heavy atom. The normalized spacial score (nSPS) is 18.9. The maximum Gasteiger partial charge on any atom is 0.249 e. The van der Waals surface area contributed by atoms with Gasteiger partial charge in [0.15, 0.2) is 0 Å². The first-order valence-corrected chi connectivity index (χ1v) is 6.37. The number of aromatic nitrogens is 1. The molecule has 20 heavy (non-hydrogen) atoms. The van der Waals surface area contributed by atoms with E-state index in [2.05, 4.69) is 15.6 Å². The number of hydrogen-bond acceptors (Lipinski definition) is 5. The zero-order chi connectivity index (χ0) is 14.1. The van der Waals surface area contributed by atoms with Crippen LogP contribution in [0.5, 0.6) is 0 Å². The highest BCUT2D eigenvalue weighted by molar-refractivity contribution is 6.03. The molecule has 2 amide bonds. The van der Waals surface area contributed by atoms with Gasteiger partial charge in [-0.25, -0.2) is 0 Å². The molecule has 1 aromatic heterocycles. The summed E-state index contributed by atoms with van der Waals surface area (Å²) in [4.78, 5) is 26.9. The number of nitrogen functional groups attached to an aromatic ring is 1. The second-order valence-electron chi connectivity index (χ2n) is 4.77. The van der Waals surface area contributed by atoms with Gasteiger partial charge in [0.2, 0.25) is 11.8 Å². The molecular formula is C14H14N4O2. The fraction of sp³-hybridized carbons (Fsp3) is 0.214. The van der Waals surface area contributed by atoms with Gasteiger partial charge in [-0.3, -0.25) is 19.9 Å². The monoisotopic (exact) mass is 270 g/mol. The number of nitrogens with two attached hydrogens (primary N) is 1. The SMILES string of the molecule is Nc1c(NC2CCC(=O)NC2=O)ccc2cnccc12. The Labute approximate surface area is 115 Å². The number of nitrogens with zero attached hydrogens (tertiary/aromatic N) is 1. The molecule has 1 unspecified atom stereocenters. The van der Waals surface area contributed by atoms with Gasteiger partial charge in [-0.1, -0.05) is 6.07 Å². The maximum absolute atomic E-state index is 11.7. The molecule has 3 rings (SSSR count). The van der Waals surface area contributed by atoms with Gasteiger partial charge in [0.25, 0.3) is 0 Å². The number of amides is 2. The molecule has 1 aliphatic heterocycles. The van der Waals surface area contributed by atoms with E-state index in [0.29, 0.717) is 24.2 Å². The number of nitrogens with one attached hydrogen (secondary N) is 2. The first-order chi connectivity index (χ1) is 9.65. The standard InChI is InChI=1S/C14H14N4O2/c15-13-9-5-6-16-7-8(9)1-2-10(13)17-11-3-4-12(19)18-14(11)20/h1-2,5-7,11,17H,3-4,15H2,(H,18,19,20). The Hall–Kier alpha value is -2.63. The van der Waals surface area contributed by atoms with Gasteiger partial charge in [0, 0.05) is 29.6 Å². The Kier molecular flexibility index (Phi) is 2.98. The highest BCUT2D eigenvalue weighted by atomic mass is 16.2. The average Bonchev–Trinajstić information content (AvgIpc) is 2.45. The van der Waals surface area contributed by atoms with E-state index in [4.69, 9.17) is 5.73 Å². The minimum Gasteiger partial charge on any atom is -0.397 e. The third kappa shape index (κ3) is 2.16. The van der Waals surface area contributed by atoms with Crippen molar-refractivity contribution in [3.05, 3.63) is 30.6 Å². The Balaban J connectivity index is 1.89. The molecule has 1 atom stereocenters. The molecule has 0 aliphatic carbocycles. The van der Waals surface area contributed by atoms with Crippen molar-refractivity contribution in [2.24, 2.45) is 0 Å². The zero-order valence-electron chi connectivity index (χ0n) is 10.7. The summed E-state index contributed by atoms with van der Waals surface area (Å²) in [5.74, 6) is -0.541. The van der Waals surface area contributed by atoms with Gasteiger partial charge in [0.05, 0.1) is 11.4 Å². The third-order valence-electron chi connectivity index (χ3n) is 3.43. The molecule has 0 bridgehead atoms. The van der Waals surface area contributed by atoms with E-state index in [1.807, 2.05) is 18.2 Å². The van der Waals surface area contributed by atoms with Crippen molar-refractivity contribution >= 4 is 34.0 Å². The lowest BCUT2D eigenvalue weighted by atomic mass is 10.0. The van der Waals surface area contributed by atoms with Gasteiger partial charge in [-0.15, -0.1) is 0 Å². The number of hydrogen-bond donors (Lipinski definition) is 3. The lowest BCUT2D eigenvalue weighted by Crippen LogP contribution is -2.47. The summed E-state index contributed by atoms with van der Waals surface area (Å²) in [7, 11) is 0. The van der Waals surface area contributed by atoms with Gasteiger partial charge >= 0.3 is 0 Å². The Morgan fingerprint density at radius 3 is 2.95 bits per heavy atom. The molecule has 1 aliphatic rings. The van der Waals surface area contributed by atoms with Crippen LogP contribution in [0.15, 0.2) is 30.6 Å². The van der Waals surface area contributed by atoms with Crippen LogP contribution < -0.4 is 16.4 Å². The van der Waals surface area contributed by atoms with Crippen molar-refractivity contribution in [2.75, 3.05) is 11.1 Å². The largest absolute Gasteiger partial charge is 0.397 e. The quantitative estimate of drug-likeness (QED) is 0.559. The van der Waals surface area contributed by atoms with Crippen molar-refractivity contribution in [3.8, 4) is 0 Å². The van der Waals surface area contributed by atoms with Crippen LogP contribution in [0.4, 0.5) is 11.4 Å². The zero-order valence-corrected chi connectivity index (χ0v) is 10.7. The first kappa shape index (κ1) is 12.4. The van der Waals surface area contributed by atoms with Crippen LogP contribution in [-0.2, 0) is 9.59 Å². The van der Waals surface area contributed by atoms with Crippen LogP contribution in [0.1, 0.15) is 12.8 Å². The van der Waals surface area contributed by atoms with Crippen LogP contribution in [0, 0.1) is 0 Å². The predicted octanol–water partition coefficient (Wildman–Crippen LogP) is 1.03. The van der Waals surface area contributed by atoms with E-state index in [1.165, 1.54) is 0 Å². The maximum atomic E-state index is 11.7. The summed E-state index contributed by atoms with van der Waals surface area (Å²) in [6.45, 7) is 0. The minimum atomic E-state index is -0.436.